The highest BCUT2D eigenvalue weighted by Gasteiger charge is 2.21. The zero-order valence-corrected chi connectivity index (χ0v) is 18.6. The predicted octanol–water partition coefficient (Wildman–Crippen LogP) is 4.49. The molecule has 1 aliphatic carbocycles. The van der Waals surface area contributed by atoms with Crippen LogP contribution < -0.4 is 16.4 Å². The molecule has 1 aliphatic rings. The van der Waals surface area contributed by atoms with Crippen molar-refractivity contribution in [1.82, 2.24) is 15.3 Å². The molecule has 9 heteroatoms. The van der Waals surface area contributed by atoms with E-state index in [1.807, 2.05) is 37.3 Å². The summed E-state index contributed by atoms with van der Waals surface area (Å²) in [4.78, 5) is 20.8. The summed E-state index contributed by atoms with van der Waals surface area (Å²) >= 11 is 0. The van der Waals surface area contributed by atoms with Crippen molar-refractivity contribution in [2.24, 2.45) is 0 Å². The van der Waals surface area contributed by atoms with Gasteiger partial charge >= 0.3 is 6.03 Å². The van der Waals surface area contributed by atoms with Crippen LogP contribution in [0.5, 0.6) is 0 Å². The van der Waals surface area contributed by atoms with Gasteiger partial charge in [0.15, 0.2) is 11.6 Å². The molecule has 0 bridgehead atoms. The predicted molar refractivity (Wildman–Crippen MR) is 133 cm³/mol. The second-order valence-electron chi connectivity index (χ2n) is 7.38. The number of carbonyl (C=O) groups excluding carboxylic acids is 1. The van der Waals surface area contributed by atoms with Crippen LogP contribution in [0, 0.1) is 11.2 Å². The Bertz CT molecular complexity index is 1140. The minimum Gasteiger partial charge on any atom is -0.396 e. The lowest BCUT2D eigenvalue weighted by Crippen LogP contribution is -2.42. The Labute approximate surface area is 196 Å². The van der Waals surface area contributed by atoms with Crippen LogP contribution in [0.4, 0.5) is 20.7 Å². The molecular weight excluding hydrogens is 423 g/mol. The second-order valence-corrected chi connectivity index (χ2v) is 7.38. The monoisotopic (exact) mass is 456 g/mol. The molecule has 8 nitrogen and oxygen atoms in total. The highest BCUT2D eigenvalue weighted by atomic mass is 19.1. The number of nitrogen functional groups attached to an aromatic ring is 1. The zero-order chi connectivity index (χ0) is 23.8. The summed E-state index contributed by atoms with van der Waals surface area (Å²) in [5, 5.41) is 13.6. The standard InChI is InChI=1S/C24H27FN6O2.3H2/c1-3-17-12-16(10-11-28-17)21(26)18-13-29-23(20(25)22(18)27)31-24(32)30-19(14-33-2)15-8-6-4-5-7-9-15;;;/h4-8,10-13,19,26H,3,9,14H2,1-2H3,(H4,27,29,30,31,32);3*1H/t19-;;;/m1.../s1. The van der Waals surface area contributed by atoms with E-state index in [1.54, 1.807) is 18.3 Å². The summed E-state index contributed by atoms with van der Waals surface area (Å²) in [5.74, 6) is -1.23. The zero-order valence-electron chi connectivity index (χ0n) is 18.6. The molecule has 2 aromatic rings. The number of aromatic nitrogens is 2. The number of allylic oxidation sites excluding steroid dienone is 5. The lowest BCUT2D eigenvalue weighted by Gasteiger charge is -2.21. The van der Waals surface area contributed by atoms with Crippen molar-refractivity contribution in [3.05, 3.63) is 83.1 Å². The maximum absolute atomic E-state index is 14.9. The first-order chi connectivity index (χ1) is 15.9. The first kappa shape index (κ1) is 23.8. The van der Waals surface area contributed by atoms with E-state index in [4.69, 9.17) is 15.9 Å². The lowest BCUT2D eigenvalue weighted by atomic mass is 10.0. The van der Waals surface area contributed by atoms with Gasteiger partial charge < -0.3 is 15.8 Å². The summed E-state index contributed by atoms with van der Waals surface area (Å²) in [6.45, 7) is 2.20. The second kappa shape index (κ2) is 11.1. The average molecular weight is 457 g/mol. The number of nitrogens with zero attached hydrogens (tertiary/aromatic N) is 2. The number of halogens is 1. The average Bonchev–Trinajstić information content (AvgIpc) is 3.11. The quantitative estimate of drug-likeness (QED) is 0.435. The van der Waals surface area contributed by atoms with Crippen molar-refractivity contribution in [1.29, 1.82) is 5.41 Å². The Balaban J connectivity index is 0.00000408. The van der Waals surface area contributed by atoms with Crippen LogP contribution in [-0.2, 0) is 11.2 Å². The molecule has 0 saturated carbocycles. The molecule has 2 amide bonds. The molecule has 33 heavy (non-hydrogen) atoms. The molecular formula is C24H33FN6O2. The van der Waals surface area contributed by atoms with Gasteiger partial charge in [-0.3, -0.25) is 15.7 Å². The van der Waals surface area contributed by atoms with Gasteiger partial charge in [0, 0.05) is 40.6 Å². The van der Waals surface area contributed by atoms with Crippen molar-refractivity contribution in [2.75, 3.05) is 24.8 Å². The Morgan fingerprint density at radius 2 is 2.18 bits per heavy atom. The van der Waals surface area contributed by atoms with Gasteiger partial charge in [0.25, 0.3) is 0 Å². The molecule has 0 spiro atoms. The van der Waals surface area contributed by atoms with Crippen LogP contribution in [-0.4, -0.2) is 41.5 Å². The van der Waals surface area contributed by atoms with Crippen molar-refractivity contribution in [2.45, 2.75) is 25.8 Å². The fourth-order valence-electron chi connectivity index (χ4n) is 3.33. The maximum Gasteiger partial charge on any atom is 0.321 e. The van der Waals surface area contributed by atoms with E-state index in [1.165, 1.54) is 13.3 Å². The van der Waals surface area contributed by atoms with Crippen molar-refractivity contribution < 1.29 is 18.2 Å². The van der Waals surface area contributed by atoms with Gasteiger partial charge in [-0.15, -0.1) is 0 Å². The topological polar surface area (TPSA) is 126 Å². The largest absolute Gasteiger partial charge is 0.396 e. The molecule has 2 aromatic heterocycles. The Morgan fingerprint density at radius 1 is 1.36 bits per heavy atom. The third-order valence-corrected chi connectivity index (χ3v) is 5.13. The lowest BCUT2D eigenvalue weighted by molar-refractivity contribution is 0.177. The van der Waals surface area contributed by atoms with Gasteiger partial charge in [0.2, 0.25) is 0 Å². The van der Waals surface area contributed by atoms with E-state index in [0.29, 0.717) is 18.4 Å². The Hall–Kier alpha value is -3.85. The maximum atomic E-state index is 14.9. The third-order valence-electron chi connectivity index (χ3n) is 5.13. The number of hydrogen-bond donors (Lipinski definition) is 4. The molecule has 2 heterocycles. The number of pyridine rings is 2. The molecule has 0 unspecified atom stereocenters. The van der Waals surface area contributed by atoms with Crippen molar-refractivity contribution >= 4 is 23.2 Å². The summed E-state index contributed by atoms with van der Waals surface area (Å²) in [5.41, 5.74) is 8.15. The van der Waals surface area contributed by atoms with E-state index in [0.717, 1.165) is 11.3 Å². The molecule has 178 valence electrons. The first-order valence-electron chi connectivity index (χ1n) is 10.5. The Kier molecular flexibility index (Phi) is 8.04. The number of ether oxygens (including phenoxy) is 1. The van der Waals surface area contributed by atoms with Gasteiger partial charge in [-0.05, 0) is 30.5 Å². The Morgan fingerprint density at radius 3 is 2.94 bits per heavy atom. The summed E-state index contributed by atoms with van der Waals surface area (Å²) in [6.07, 6.45) is 13.8. The number of carbonyl (C=O) groups is 1. The highest BCUT2D eigenvalue weighted by molar-refractivity contribution is 6.14. The number of anilines is 2. The highest BCUT2D eigenvalue weighted by Crippen LogP contribution is 2.24. The summed E-state index contributed by atoms with van der Waals surface area (Å²) in [7, 11) is 1.54. The SMILES string of the molecule is CCc1cc(C(=N)c2cnc(NC(=O)N[C@H](COC)C3=CC=CC=CC3)c(F)c2N)ccn1.[HH].[HH].[HH]. The van der Waals surface area contributed by atoms with Gasteiger partial charge in [0.05, 0.1) is 24.0 Å². The third kappa shape index (κ3) is 5.89. The number of nitrogens with two attached hydrogens (primary N) is 1. The summed E-state index contributed by atoms with van der Waals surface area (Å²) in [6, 6.07) is 2.35. The number of nitrogens with one attached hydrogen (secondary N) is 3. The van der Waals surface area contributed by atoms with Crippen LogP contribution in [0.2, 0.25) is 0 Å². The van der Waals surface area contributed by atoms with E-state index < -0.39 is 17.9 Å². The minimum atomic E-state index is -0.903. The normalized spacial score (nSPS) is 13.7. The molecule has 0 fully saturated rings. The number of urea groups is 1. The molecule has 0 saturated heterocycles. The van der Waals surface area contributed by atoms with Crippen molar-refractivity contribution in [3.63, 3.8) is 0 Å². The van der Waals surface area contributed by atoms with Gasteiger partial charge in [-0.2, -0.15) is 0 Å². The van der Waals surface area contributed by atoms with Crippen LogP contribution in [0.25, 0.3) is 0 Å². The smallest absolute Gasteiger partial charge is 0.321 e. The van der Waals surface area contributed by atoms with E-state index in [9.17, 15) is 9.18 Å². The van der Waals surface area contributed by atoms with Gasteiger partial charge in [-0.25, -0.2) is 14.2 Å². The van der Waals surface area contributed by atoms with E-state index >= 15 is 0 Å². The molecule has 0 aliphatic heterocycles. The number of aryl methyl sites for hydroxylation is 1. The molecule has 3 rings (SSSR count). The van der Waals surface area contributed by atoms with E-state index in [2.05, 4.69) is 20.6 Å². The van der Waals surface area contributed by atoms with Crippen LogP contribution >= 0.6 is 0 Å². The number of rotatable bonds is 8. The molecule has 0 radical (unpaired) electrons. The fraction of sp³-hybridized carbons (Fsp3) is 0.250. The molecule has 0 aromatic carbocycles. The number of amides is 2. The molecule has 5 N–H and O–H groups in total. The minimum absolute atomic E-state index is 0. The molecule has 1 atom stereocenters. The van der Waals surface area contributed by atoms with Gasteiger partial charge in [-0.1, -0.05) is 37.3 Å². The number of methoxy groups -OCH3 is 1. The van der Waals surface area contributed by atoms with Crippen LogP contribution in [0.3, 0.4) is 0 Å². The van der Waals surface area contributed by atoms with Gasteiger partial charge in [0.1, 0.15) is 0 Å². The van der Waals surface area contributed by atoms with Crippen LogP contribution in [0.1, 0.15) is 34.4 Å². The first-order valence-corrected chi connectivity index (χ1v) is 10.5. The van der Waals surface area contributed by atoms with E-state index in [-0.39, 0.29) is 33.7 Å². The number of hydrogen-bond acceptors (Lipinski definition) is 6. The van der Waals surface area contributed by atoms with Crippen LogP contribution in [0.15, 0.2) is 60.5 Å². The van der Waals surface area contributed by atoms with Crippen molar-refractivity contribution in [3.8, 4) is 0 Å². The summed E-state index contributed by atoms with van der Waals surface area (Å²) < 4.78 is 20.2. The fourth-order valence-corrected chi connectivity index (χ4v) is 3.33.